The summed E-state index contributed by atoms with van der Waals surface area (Å²) in [4.78, 5) is 22.9. The first kappa shape index (κ1) is 22.8. The molecule has 5 rings (SSSR count). The van der Waals surface area contributed by atoms with Crippen molar-refractivity contribution < 1.29 is 19.0 Å². The van der Waals surface area contributed by atoms with Crippen LogP contribution in [0.25, 0.3) is 16.9 Å². The van der Waals surface area contributed by atoms with E-state index in [1.807, 2.05) is 31.2 Å². The van der Waals surface area contributed by atoms with E-state index in [1.54, 1.807) is 43.3 Å². The molecular weight excluding hydrogens is 446 g/mol. The molecule has 0 unspecified atom stereocenters. The number of nitrogens with zero attached hydrogens (tertiary/aromatic N) is 4. The summed E-state index contributed by atoms with van der Waals surface area (Å²) in [5, 5.41) is 8.39. The maximum atomic E-state index is 13.6. The van der Waals surface area contributed by atoms with Gasteiger partial charge in [0, 0.05) is 36.7 Å². The number of hydrogen-bond acceptors (Lipinski definition) is 7. The monoisotopic (exact) mass is 473 g/mol. The molecular formula is C26H27N5O4. The highest BCUT2D eigenvalue weighted by atomic mass is 16.5. The van der Waals surface area contributed by atoms with Gasteiger partial charge in [-0.05, 0) is 50.1 Å². The molecule has 1 saturated carbocycles. The number of carbonyl (C=O) groups excluding carboxylic acids is 1. The molecule has 0 spiro atoms. The van der Waals surface area contributed by atoms with E-state index in [0.29, 0.717) is 64.4 Å². The van der Waals surface area contributed by atoms with Gasteiger partial charge >= 0.3 is 0 Å². The Bertz CT molecular complexity index is 1370. The quantitative estimate of drug-likeness (QED) is 0.362. The number of carbonyl (C=O) groups is 1. The van der Waals surface area contributed by atoms with Crippen LogP contribution >= 0.6 is 0 Å². The minimum absolute atomic E-state index is 0.240. The molecule has 0 radical (unpaired) electrons. The van der Waals surface area contributed by atoms with Crippen molar-refractivity contribution in [1.82, 2.24) is 19.7 Å². The van der Waals surface area contributed by atoms with E-state index < -0.39 is 0 Å². The van der Waals surface area contributed by atoms with Crippen molar-refractivity contribution in [3.63, 3.8) is 0 Å². The van der Waals surface area contributed by atoms with E-state index in [9.17, 15) is 4.79 Å². The van der Waals surface area contributed by atoms with Gasteiger partial charge in [0.2, 0.25) is 0 Å². The number of rotatable bonds is 9. The van der Waals surface area contributed by atoms with Crippen molar-refractivity contribution in [2.75, 3.05) is 32.8 Å². The van der Waals surface area contributed by atoms with E-state index >= 15 is 0 Å². The summed E-state index contributed by atoms with van der Waals surface area (Å²) < 4.78 is 17.9. The zero-order valence-corrected chi connectivity index (χ0v) is 19.9. The van der Waals surface area contributed by atoms with E-state index in [1.165, 1.54) is 0 Å². The molecule has 1 aromatic carbocycles. The van der Waals surface area contributed by atoms with Gasteiger partial charge < -0.3 is 19.5 Å². The molecule has 35 heavy (non-hydrogen) atoms. The number of nitrogens with one attached hydrogen (secondary N) is 1. The van der Waals surface area contributed by atoms with Crippen LogP contribution in [0.3, 0.4) is 0 Å². The number of hydrogen-bond donors (Lipinski definition) is 1. The molecule has 1 fully saturated rings. The van der Waals surface area contributed by atoms with Crippen molar-refractivity contribution >= 4 is 22.6 Å². The Morgan fingerprint density at radius 1 is 1.11 bits per heavy atom. The summed E-state index contributed by atoms with van der Waals surface area (Å²) in [7, 11) is 3.19. The Kier molecular flexibility index (Phi) is 6.33. The molecule has 1 N–H and O–H groups in total. The molecule has 0 bridgehead atoms. The van der Waals surface area contributed by atoms with Crippen LogP contribution in [0.2, 0.25) is 0 Å². The van der Waals surface area contributed by atoms with E-state index in [0.717, 1.165) is 18.5 Å². The maximum absolute atomic E-state index is 13.6. The third-order valence-electron chi connectivity index (χ3n) is 5.91. The Hall–Kier alpha value is -3.98. The molecule has 4 aromatic rings. The van der Waals surface area contributed by atoms with Crippen LogP contribution in [0.4, 0.5) is 5.69 Å². The number of aromatic nitrogens is 4. The highest BCUT2D eigenvalue weighted by Gasteiger charge is 2.29. The van der Waals surface area contributed by atoms with Gasteiger partial charge in [-0.3, -0.25) is 4.79 Å². The molecule has 0 atom stereocenters. The van der Waals surface area contributed by atoms with E-state index in [-0.39, 0.29) is 5.91 Å². The summed E-state index contributed by atoms with van der Waals surface area (Å²) in [5.41, 5.74) is 3.38. The average Bonchev–Trinajstić information content (AvgIpc) is 3.68. The fourth-order valence-corrected chi connectivity index (χ4v) is 4.02. The minimum Gasteiger partial charge on any atom is -0.493 e. The summed E-state index contributed by atoms with van der Waals surface area (Å²) in [6.07, 6.45) is 3.85. The number of aryl methyl sites for hydroxylation is 1. The SMILES string of the molecule is COCCOc1cc(NC(=O)c2cc(C3CC3)nc3c2c(C)nn3-c2ccccn2)ccc1OC. The molecule has 9 nitrogen and oxygen atoms in total. The standard InChI is InChI=1S/C26H27N5O4/c1-16-24-19(26(32)28-18-9-10-21(34-3)22(14-18)35-13-12-33-2)15-20(17-7-8-17)29-25(24)31(30-16)23-6-4-5-11-27-23/h4-6,9-11,14-15,17H,7-8,12-13H2,1-3H3,(H,28,32). The third kappa shape index (κ3) is 4.67. The van der Waals surface area contributed by atoms with Crippen molar-refractivity contribution in [3.05, 3.63) is 65.6 Å². The summed E-state index contributed by atoms with van der Waals surface area (Å²) in [6, 6.07) is 12.8. The van der Waals surface area contributed by atoms with Gasteiger partial charge in [0.05, 0.1) is 30.4 Å². The van der Waals surface area contributed by atoms with Crippen LogP contribution in [0.1, 0.15) is 40.5 Å². The lowest BCUT2D eigenvalue weighted by Gasteiger charge is -2.13. The predicted molar refractivity (Wildman–Crippen MR) is 132 cm³/mol. The van der Waals surface area contributed by atoms with Gasteiger partial charge in [-0.1, -0.05) is 6.07 Å². The molecule has 9 heteroatoms. The molecule has 3 heterocycles. The Morgan fingerprint density at radius 3 is 2.69 bits per heavy atom. The van der Waals surface area contributed by atoms with Crippen molar-refractivity contribution in [3.8, 4) is 17.3 Å². The average molecular weight is 474 g/mol. The number of benzene rings is 1. The number of anilines is 1. The lowest BCUT2D eigenvalue weighted by atomic mass is 10.1. The molecule has 180 valence electrons. The highest BCUT2D eigenvalue weighted by Crippen LogP contribution is 2.41. The first-order valence-electron chi connectivity index (χ1n) is 11.5. The number of pyridine rings is 2. The van der Waals surface area contributed by atoms with E-state index in [2.05, 4.69) is 15.4 Å². The highest BCUT2D eigenvalue weighted by molar-refractivity contribution is 6.13. The molecule has 1 amide bonds. The molecule has 1 aliphatic rings. The zero-order chi connectivity index (χ0) is 24.4. The number of amides is 1. The van der Waals surface area contributed by atoms with Gasteiger partial charge in [-0.25, -0.2) is 9.97 Å². The van der Waals surface area contributed by atoms with Crippen LogP contribution in [0.5, 0.6) is 11.5 Å². The van der Waals surface area contributed by atoms with Crippen LogP contribution in [-0.2, 0) is 4.74 Å². The zero-order valence-electron chi connectivity index (χ0n) is 19.9. The van der Waals surface area contributed by atoms with Crippen LogP contribution in [-0.4, -0.2) is 53.1 Å². The topological polar surface area (TPSA) is 100 Å². The van der Waals surface area contributed by atoms with Crippen LogP contribution < -0.4 is 14.8 Å². The van der Waals surface area contributed by atoms with Gasteiger partial charge in [0.1, 0.15) is 6.61 Å². The van der Waals surface area contributed by atoms with Crippen LogP contribution in [0.15, 0.2) is 48.7 Å². The summed E-state index contributed by atoms with van der Waals surface area (Å²) in [6.45, 7) is 2.69. The summed E-state index contributed by atoms with van der Waals surface area (Å²) >= 11 is 0. The summed E-state index contributed by atoms with van der Waals surface area (Å²) in [5.74, 6) is 1.88. The molecule has 0 aliphatic heterocycles. The number of ether oxygens (including phenoxy) is 3. The van der Waals surface area contributed by atoms with Gasteiger partial charge in [0.25, 0.3) is 5.91 Å². The van der Waals surface area contributed by atoms with Gasteiger partial charge in [0.15, 0.2) is 23.0 Å². The molecule has 1 aliphatic carbocycles. The number of methoxy groups -OCH3 is 2. The lowest BCUT2D eigenvalue weighted by molar-refractivity contribution is 0.102. The van der Waals surface area contributed by atoms with Crippen molar-refractivity contribution in [1.29, 1.82) is 0 Å². The maximum Gasteiger partial charge on any atom is 0.256 e. The Labute approximate surface area is 203 Å². The second kappa shape index (κ2) is 9.71. The predicted octanol–water partition coefficient (Wildman–Crippen LogP) is 4.29. The second-order valence-electron chi connectivity index (χ2n) is 8.41. The first-order valence-corrected chi connectivity index (χ1v) is 11.5. The molecule has 3 aromatic heterocycles. The fourth-order valence-electron chi connectivity index (χ4n) is 4.02. The normalized spacial score (nSPS) is 13.1. The van der Waals surface area contributed by atoms with E-state index in [4.69, 9.17) is 19.2 Å². The first-order chi connectivity index (χ1) is 17.1. The number of fused-ring (bicyclic) bond motifs is 1. The fraction of sp³-hybridized carbons (Fsp3) is 0.308. The second-order valence-corrected chi connectivity index (χ2v) is 8.41. The minimum atomic E-state index is -0.240. The van der Waals surface area contributed by atoms with Gasteiger partial charge in [-0.15, -0.1) is 0 Å². The van der Waals surface area contributed by atoms with Crippen molar-refractivity contribution in [2.45, 2.75) is 25.7 Å². The largest absolute Gasteiger partial charge is 0.493 e. The molecule has 0 saturated heterocycles. The Balaban J connectivity index is 1.53. The Morgan fingerprint density at radius 2 is 1.97 bits per heavy atom. The lowest BCUT2D eigenvalue weighted by Crippen LogP contribution is -2.14. The van der Waals surface area contributed by atoms with Crippen LogP contribution in [0, 0.1) is 6.92 Å². The van der Waals surface area contributed by atoms with Gasteiger partial charge in [-0.2, -0.15) is 9.78 Å². The smallest absolute Gasteiger partial charge is 0.256 e. The third-order valence-corrected chi connectivity index (χ3v) is 5.91. The van der Waals surface area contributed by atoms with Crippen molar-refractivity contribution in [2.24, 2.45) is 0 Å².